The number of hydrogen-bond acceptors (Lipinski definition) is 7. The smallest absolute Gasteiger partial charge is 0.407 e. The number of aromatic nitrogens is 3. The fourth-order valence-electron chi connectivity index (χ4n) is 5.10. The van der Waals surface area contributed by atoms with Crippen LogP contribution in [0.2, 0.25) is 25.7 Å². The second kappa shape index (κ2) is 14.5. The van der Waals surface area contributed by atoms with Crippen LogP contribution in [0.25, 0.3) is 11.3 Å². The quantitative estimate of drug-likeness (QED) is 0.178. The van der Waals surface area contributed by atoms with Crippen LogP contribution in [-0.4, -0.2) is 66.5 Å². The summed E-state index contributed by atoms with van der Waals surface area (Å²) in [6, 6.07) is 9.46. The lowest BCUT2D eigenvalue weighted by molar-refractivity contribution is 0.0516. The first-order valence-electron chi connectivity index (χ1n) is 15.6. The number of hydrogen-bond donors (Lipinski definition) is 2. The third kappa shape index (κ3) is 10.1. The molecule has 12 heteroatoms. The largest absolute Gasteiger partial charge is 0.444 e. The lowest BCUT2D eigenvalue weighted by Crippen LogP contribution is -2.40. The maximum atomic E-state index is 15.3. The van der Waals surface area contributed by atoms with E-state index in [1.165, 1.54) is 6.07 Å². The number of anilines is 2. The zero-order chi connectivity index (χ0) is 32.8. The number of alkyl carbamates (subject to hydrolysis) is 1. The fraction of sp³-hybridized carbons (Fsp3) is 0.515. The molecule has 2 aromatic heterocycles. The van der Waals surface area contributed by atoms with E-state index in [-0.39, 0.29) is 18.5 Å². The standard InChI is InChI=1S/C33H47FN6O4Si/c1-23-19-25(11-14-35-23)28-21-40(22-43-17-18-45(5,6)7)30(37-28)31(41)38-27-10-8-9-26(34)29(27)39-15-12-24(13-16-39)20-36-32(42)44-33(2,3)4/h8-11,14,19,21,24H,12-13,15-18,20,22H2,1-7H3,(H,36,42)(H,38,41). The Morgan fingerprint density at radius 2 is 1.87 bits per heavy atom. The molecule has 1 saturated heterocycles. The van der Waals surface area contributed by atoms with Crippen molar-refractivity contribution in [3.05, 3.63) is 60.1 Å². The first-order valence-corrected chi connectivity index (χ1v) is 19.3. The van der Waals surface area contributed by atoms with Gasteiger partial charge in [-0.2, -0.15) is 0 Å². The van der Waals surface area contributed by atoms with E-state index in [4.69, 9.17) is 9.47 Å². The Labute approximate surface area is 266 Å². The summed E-state index contributed by atoms with van der Waals surface area (Å²) in [5.41, 5.74) is 2.47. The van der Waals surface area contributed by atoms with Crippen molar-refractivity contribution in [3.63, 3.8) is 0 Å². The van der Waals surface area contributed by atoms with Crippen molar-refractivity contribution in [2.24, 2.45) is 5.92 Å². The molecule has 0 radical (unpaired) electrons. The minimum absolute atomic E-state index is 0.172. The molecule has 244 valence electrons. The molecule has 1 aromatic carbocycles. The topological polar surface area (TPSA) is 111 Å². The van der Waals surface area contributed by atoms with Gasteiger partial charge in [-0.15, -0.1) is 0 Å². The summed E-state index contributed by atoms with van der Waals surface area (Å²) >= 11 is 0. The number of rotatable bonds is 11. The summed E-state index contributed by atoms with van der Waals surface area (Å²) in [5, 5.41) is 5.78. The molecule has 0 bridgehead atoms. The molecular weight excluding hydrogens is 591 g/mol. The van der Waals surface area contributed by atoms with Crippen LogP contribution in [0.3, 0.4) is 0 Å². The minimum Gasteiger partial charge on any atom is -0.444 e. The van der Waals surface area contributed by atoms with E-state index in [1.807, 2.05) is 44.7 Å². The maximum Gasteiger partial charge on any atom is 0.407 e. The first-order chi connectivity index (χ1) is 21.2. The number of aryl methyl sites for hydroxylation is 1. The number of imidazole rings is 1. The average Bonchev–Trinajstić information content (AvgIpc) is 3.38. The van der Waals surface area contributed by atoms with E-state index in [0.29, 0.717) is 43.3 Å². The molecule has 1 aliphatic rings. The summed E-state index contributed by atoms with van der Waals surface area (Å²) < 4.78 is 28.3. The van der Waals surface area contributed by atoms with Crippen molar-refractivity contribution < 1.29 is 23.5 Å². The van der Waals surface area contributed by atoms with Crippen LogP contribution in [0.5, 0.6) is 0 Å². The third-order valence-electron chi connectivity index (χ3n) is 7.50. The zero-order valence-electron chi connectivity index (χ0n) is 27.6. The Kier molecular flexibility index (Phi) is 11.0. The number of carbonyl (C=O) groups excluding carboxylic acids is 2. The zero-order valence-corrected chi connectivity index (χ0v) is 28.6. The van der Waals surface area contributed by atoms with Crippen molar-refractivity contribution >= 4 is 31.4 Å². The van der Waals surface area contributed by atoms with E-state index in [2.05, 4.69) is 40.2 Å². The van der Waals surface area contributed by atoms with Gasteiger partial charge in [0.25, 0.3) is 5.91 Å². The van der Waals surface area contributed by atoms with Crippen LogP contribution in [-0.2, 0) is 16.2 Å². The number of amides is 2. The van der Waals surface area contributed by atoms with Gasteiger partial charge in [-0.1, -0.05) is 25.7 Å². The van der Waals surface area contributed by atoms with Crippen LogP contribution >= 0.6 is 0 Å². The molecule has 1 fully saturated rings. The van der Waals surface area contributed by atoms with Gasteiger partial charge >= 0.3 is 6.09 Å². The Bertz CT molecular complexity index is 1470. The summed E-state index contributed by atoms with van der Waals surface area (Å²) in [4.78, 5) is 36.7. The van der Waals surface area contributed by atoms with E-state index in [0.717, 1.165) is 30.1 Å². The summed E-state index contributed by atoms with van der Waals surface area (Å²) in [7, 11) is -1.29. The summed E-state index contributed by atoms with van der Waals surface area (Å²) in [6.07, 6.45) is 4.59. The number of nitrogens with one attached hydrogen (secondary N) is 2. The highest BCUT2D eigenvalue weighted by molar-refractivity contribution is 6.76. The lowest BCUT2D eigenvalue weighted by atomic mass is 9.96. The van der Waals surface area contributed by atoms with Gasteiger partial charge in [-0.3, -0.25) is 9.78 Å². The molecule has 0 spiro atoms. The van der Waals surface area contributed by atoms with E-state index in [1.54, 1.807) is 29.1 Å². The average molecular weight is 639 g/mol. The molecule has 3 heterocycles. The highest BCUT2D eigenvalue weighted by Crippen LogP contribution is 2.33. The summed E-state index contributed by atoms with van der Waals surface area (Å²) in [5.74, 6) is -0.454. The molecule has 2 amide bonds. The number of piperidine rings is 1. The molecule has 0 atom stereocenters. The maximum absolute atomic E-state index is 15.3. The summed E-state index contributed by atoms with van der Waals surface area (Å²) in [6.45, 7) is 16.7. The molecule has 4 rings (SSSR count). The predicted octanol–water partition coefficient (Wildman–Crippen LogP) is 6.70. The first kappa shape index (κ1) is 34.1. The number of para-hydroxylation sites is 1. The van der Waals surface area contributed by atoms with Crippen LogP contribution in [0.1, 0.15) is 49.9 Å². The highest BCUT2D eigenvalue weighted by Gasteiger charge is 2.26. The van der Waals surface area contributed by atoms with Gasteiger partial charge in [0.05, 0.1) is 17.1 Å². The van der Waals surface area contributed by atoms with Gasteiger partial charge in [-0.25, -0.2) is 14.2 Å². The Hall–Kier alpha value is -3.77. The SMILES string of the molecule is Cc1cc(-c2cn(COCC[Si](C)(C)C)c(C(=O)Nc3cccc(F)c3N3CCC(CNC(=O)OC(C)(C)C)CC3)n2)ccn1. The van der Waals surface area contributed by atoms with E-state index >= 15 is 4.39 Å². The van der Waals surface area contributed by atoms with Gasteiger partial charge in [0.2, 0.25) is 5.82 Å². The second-order valence-corrected chi connectivity index (χ2v) is 19.5. The molecule has 3 aromatic rings. The highest BCUT2D eigenvalue weighted by atomic mass is 28.3. The normalized spacial score (nSPS) is 14.4. The van der Waals surface area contributed by atoms with Gasteiger partial charge in [0.15, 0.2) is 0 Å². The van der Waals surface area contributed by atoms with E-state index in [9.17, 15) is 9.59 Å². The molecule has 45 heavy (non-hydrogen) atoms. The van der Waals surface area contributed by atoms with Crippen molar-refractivity contribution in [1.82, 2.24) is 19.9 Å². The van der Waals surface area contributed by atoms with Crippen LogP contribution < -0.4 is 15.5 Å². The van der Waals surface area contributed by atoms with Crippen LogP contribution in [0, 0.1) is 18.7 Å². The molecule has 0 aliphatic carbocycles. The van der Waals surface area contributed by atoms with Crippen molar-refractivity contribution in [3.8, 4) is 11.3 Å². The number of nitrogens with zero attached hydrogens (tertiary/aromatic N) is 4. The van der Waals surface area contributed by atoms with Crippen LogP contribution in [0.4, 0.5) is 20.6 Å². The Morgan fingerprint density at radius 3 is 2.53 bits per heavy atom. The Balaban J connectivity index is 1.48. The predicted molar refractivity (Wildman–Crippen MR) is 178 cm³/mol. The molecular formula is C33H47FN6O4Si. The van der Waals surface area contributed by atoms with Gasteiger partial charge in [-0.05, 0) is 76.8 Å². The molecule has 2 N–H and O–H groups in total. The lowest BCUT2D eigenvalue weighted by Gasteiger charge is -2.35. The molecule has 0 saturated carbocycles. The fourth-order valence-corrected chi connectivity index (χ4v) is 5.86. The number of halogens is 1. The van der Waals surface area contributed by atoms with Crippen molar-refractivity contribution in [2.45, 2.75) is 78.6 Å². The van der Waals surface area contributed by atoms with E-state index < -0.39 is 31.5 Å². The van der Waals surface area contributed by atoms with Gasteiger partial charge < -0.3 is 29.6 Å². The third-order valence-corrected chi connectivity index (χ3v) is 9.20. The second-order valence-electron chi connectivity index (χ2n) is 13.9. The van der Waals surface area contributed by atoms with Crippen molar-refractivity contribution in [1.29, 1.82) is 0 Å². The molecule has 1 aliphatic heterocycles. The Morgan fingerprint density at radius 1 is 1.13 bits per heavy atom. The number of ether oxygens (including phenoxy) is 2. The molecule has 10 nitrogen and oxygen atoms in total. The van der Waals surface area contributed by atoms with Gasteiger partial charge in [0, 0.05) is 58.0 Å². The van der Waals surface area contributed by atoms with Gasteiger partial charge in [0.1, 0.15) is 18.1 Å². The monoisotopic (exact) mass is 638 g/mol. The number of pyridine rings is 1. The van der Waals surface area contributed by atoms with Crippen LogP contribution in [0.15, 0.2) is 42.7 Å². The molecule has 0 unspecified atom stereocenters. The number of carbonyl (C=O) groups is 2. The minimum atomic E-state index is -1.29. The van der Waals surface area contributed by atoms with Crippen molar-refractivity contribution in [2.75, 3.05) is 36.5 Å². The number of benzene rings is 1.